The first kappa shape index (κ1) is 9.55. The monoisotopic (exact) mass is 196 g/mol. The molecule has 4 heteroatoms. The second-order valence-corrected chi connectivity index (χ2v) is 3.58. The van der Waals surface area contributed by atoms with E-state index in [1.165, 1.54) is 12.3 Å². The van der Waals surface area contributed by atoms with Gasteiger partial charge in [-0.3, -0.25) is 4.98 Å². The van der Waals surface area contributed by atoms with Gasteiger partial charge in [-0.25, -0.2) is 4.39 Å². The molecule has 3 nitrogen and oxygen atoms in total. The molecule has 76 valence electrons. The summed E-state index contributed by atoms with van der Waals surface area (Å²) in [5.74, 6) is -0.403. The molecule has 1 fully saturated rings. The lowest BCUT2D eigenvalue weighted by Crippen LogP contribution is -2.28. The van der Waals surface area contributed by atoms with Gasteiger partial charge in [-0.1, -0.05) is 0 Å². The molecule has 0 aliphatic carbocycles. The summed E-state index contributed by atoms with van der Waals surface area (Å²) in [7, 11) is 0. The van der Waals surface area contributed by atoms with Gasteiger partial charge >= 0.3 is 0 Å². The Morgan fingerprint density at radius 2 is 2.43 bits per heavy atom. The van der Waals surface area contributed by atoms with Crippen LogP contribution in [0.2, 0.25) is 0 Å². The van der Waals surface area contributed by atoms with E-state index >= 15 is 0 Å². The summed E-state index contributed by atoms with van der Waals surface area (Å²) in [4.78, 5) is 3.71. The molecule has 1 aromatic heterocycles. The number of aliphatic hydroxyl groups is 1. The maximum absolute atomic E-state index is 12.8. The van der Waals surface area contributed by atoms with Gasteiger partial charge in [-0.05, 0) is 25.5 Å². The van der Waals surface area contributed by atoms with Gasteiger partial charge < -0.3 is 10.4 Å². The number of hydrogen-bond donors (Lipinski definition) is 2. The summed E-state index contributed by atoms with van der Waals surface area (Å²) in [6.07, 6.45) is 3.98. The Kier molecular flexibility index (Phi) is 2.74. The summed E-state index contributed by atoms with van der Waals surface area (Å²) in [6.45, 7) is 0.921. The van der Waals surface area contributed by atoms with Crippen molar-refractivity contribution in [1.29, 1.82) is 0 Å². The standard InChI is InChI=1S/C10H13FN2O/c11-8-4-7(5-12-6-8)10(14)9-2-1-3-13-9/h4-6,9-10,13-14H,1-3H2/t9-,10?/m1/s1. The second kappa shape index (κ2) is 4.02. The van der Waals surface area contributed by atoms with Crippen molar-refractivity contribution in [3.05, 3.63) is 29.8 Å². The van der Waals surface area contributed by atoms with E-state index in [4.69, 9.17) is 0 Å². The highest BCUT2D eigenvalue weighted by Crippen LogP contribution is 2.22. The van der Waals surface area contributed by atoms with Crippen LogP contribution in [0.3, 0.4) is 0 Å². The van der Waals surface area contributed by atoms with Gasteiger partial charge in [0, 0.05) is 17.8 Å². The van der Waals surface area contributed by atoms with Crippen LogP contribution in [0.25, 0.3) is 0 Å². The van der Waals surface area contributed by atoms with Crippen molar-refractivity contribution >= 4 is 0 Å². The molecular weight excluding hydrogens is 183 g/mol. The molecule has 14 heavy (non-hydrogen) atoms. The van der Waals surface area contributed by atoms with Gasteiger partial charge in [0.1, 0.15) is 5.82 Å². The van der Waals surface area contributed by atoms with E-state index in [0.29, 0.717) is 5.56 Å². The number of nitrogens with one attached hydrogen (secondary N) is 1. The number of hydrogen-bond acceptors (Lipinski definition) is 3. The zero-order valence-corrected chi connectivity index (χ0v) is 7.78. The van der Waals surface area contributed by atoms with Crippen LogP contribution in [0.1, 0.15) is 24.5 Å². The van der Waals surface area contributed by atoms with Gasteiger partial charge in [0.05, 0.1) is 12.3 Å². The van der Waals surface area contributed by atoms with Crippen molar-refractivity contribution in [3.8, 4) is 0 Å². The van der Waals surface area contributed by atoms with E-state index in [0.717, 1.165) is 25.6 Å². The number of aliphatic hydroxyl groups excluding tert-OH is 1. The average molecular weight is 196 g/mol. The highest BCUT2D eigenvalue weighted by atomic mass is 19.1. The third-order valence-corrected chi connectivity index (χ3v) is 2.55. The molecule has 2 atom stereocenters. The van der Waals surface area contributed by atoms with Crippen LogP contribution in [-0.4, -0.2) is 22.7 Å². The Morgan fingerprint density at radius 1 is 1.57 bits per heavy atom. The van der Waals surface area contributed by atoms with E-state index in [2.05, 4.69) is 10.3 Å². The summed E-state index contributed by atoms with van der Waals surface area (Å²) in [6, 6.07) is 1.37. The SMILES string of the molecule is OC(c1cncc(F)c1)[C@H]1CCCN1. The number of pyridine rings is 1. The minimum absolute atomic E-state index is 0.0404. The van der Waals surface area contributed by atoms with Crippen molar-refractivity contribution in [2.75, 3.05) is 6.54 Å². The van der Waals surface area contributed by atoms with E-state index in [-0.39, 0.29) is 6.04 Å². The molecule has 0 bridgehead atoms. The zero-order valence-electron chi connectivity index (χ0n) is 7.78. The van der Waals surface area contributed by atoms with Crippen LogP contribution >= 0.6 is 0 Å². The second-order valence-electron chi connectivity index (χ2n) is 3.58. The smallest absolute Gasteiger partial charge is 0.141 e. The molecule has 1 aliphatic rings. The van der Waals surface area contributed by atoms with Crippen LogP contribution in [0.15, 0.2) is 18.5 Å². The van der Waals surface area contributed by atoms with Gasteiger partial charge in [-0.15, -0.1) is 0 Å². The molecular formula is C10H13FN2O. The average Bonchev–Trinajstić information content (AvgIpc) is 2.69. The Hall–Kier alpha value is -1.00. The van der Waals surface area contributed by atoms with Crippen molar-refractivity contribution in [2.24, 2.45) is 0 Å². The maximum atomic E-state index is 12.8. The molecule has 0 radical (unpaired) electrons. The fourth-order valence-corrected chi connectivity index (χ4v) is 1.80. The molecule has 0 spiro atoms. The molecule has 0 amide bonds. The summed E-state index contributed by atoms with van der Waals surface area (Å²) < 4.78 is 12.8. The predicted molar refractivity (Wildman–Crippen MR) is 50.2 cm³/mol. The van der Waals surface area contributed by atoms with Crippen LogP contribution in [0.5, 0.6) is 0 Å². The fourth-order valence-electron chi connectivity index (χ4n) is 1.80. The molecule has 1 aromatic rings. The van der Waals surface area contributed by atoms with E-state index in [1.54, 1.807) is 0 Å². The Bertz CT molecular complexity index is 313. The molecule has 0 saturated carbocycles. The van der Waals surface area contributed by atoms with Crippen LogP contribution in [-0.2, 0) is 0 Å². The van der Waals surface area contributed by atoms with Crippen molar-refractivity contribution in [2.45, 2.75) is 25.0 Å². The Morgan fingerprint density at radius 3 is 3.07 bits per heavy atom. The topological polar surface area (TPSA) is 45.2 Å². The highest BCUT2D eigenvalue weighted by Gasteiger charge is 2.24. The molecule has 0 aromatic carbocycles. The van der Waals surface area contributed by atoms with Gasteiger partial charge in [-0.2, -0.15) is 0 Å². The van der Waals surface area contributed by atoms with Crippen molar-refractivity contribution < 1.29 is 9.50 Å². The summed E-state index contributed by atoms with van der Waals surface area (Å²) >= 11 is 0. The first-order chi connectivity index (χ1) is 6.77. The number of rotatable bonds is 2. The van der Waals surface area contributed by atoms with E-state index in [9.17, 15) is 9.50 Å². The molecule has 1 saturated heterocycles. The molecule has 2 N–H and O–H groups in total. The fraction of sp³-hybridized carbons (Fsp3) is 0.500. The lowest BCUT2D eigenvalue weighted by Gasteiger charge is -2.17. The Balaban J connectivity index is 2.13. The third-order valence-electron chi connectivity index (χ3n) is 2.55. The molecule has 1 unspecified atom stereocenters. The van der Waals surface area contributed by atoms with Crippen molar-refractivity contribution in [1.82, 2.24) is 10.3 Å². The maximum Gasteiger partial charge on any atom is 0.141 e. The number of aromatic nitrogens is 1. The minimum Gasteiger partial charge on any atom is -0.387 e. The quantitative estimate of drug-likeness (QED) is 0.742. The third kappa shape index (κ3) is 1.91. The van der Waals surface area contributed by atoms with E-state index < -0.39 is 11.9 Å². The van der Waals surface area contributed by atoms with Gasteiger partial charge in [0.15, 0.2) is 0 Å². The number of halogens is 1. The lowest BCUT2D eigenvalue weighted by molar-refractivity contribution is 0.136. The van der Waals surface area contributed by atoms with Gasteiger partial charge in [0.2, 0.25) is 0 Å². The lowest BCUT2D eigenvalue weighted by atomic mass is 10.0. The van der Waals surface area contributed by atoms with Crippen LogP contribution < -0.4 is 5.32 Å². The first-order valence-electron chi connectivity index (χ1n) is 4.79. The number of nitrogens with zero attached hydrogens (tertiary/aromatic N) is 1. The van der Waals surface area contributed by atoms with Crippen LogP contribution in [0.4, 0.5) is 4.39 Å². The minimum atomic E-state index is -0.652. The normalized spacial score (nSPS) is 23.7. The van der Waals surface area contributed by atoms with Gasteiger partial charge in [0.25, 0.3) is 0 Å². The van der Waals surface area contributed by atoms with E-state index in [1.807, 2.05) is 0 Å². The zero-order chi connectivity index (χ0) is 9.97. The molecule has 2 heterocycles. The van der Waals surface area contributed by atoms with Crippen molar-refractivity contribution in [3.63, 3.8) is 0 Å². The Labute approximate surface area is 82.0 Å². The highest BCUT2D eigenvalue weighted by molar-refractivity contribution is 5.15. The molecule has 2 rings (SSSR count). The molecule has 1 aliphatic heterocycles. The first-order valence-corrected chi connectivity index (χ1v) is 4.79. The summed E-state index contributed by atoms with van der Waals surface area (Å²) in [5.41, 5.74) is 0.546. The largest absolute Gasteiger partial charge is 0.387 e. The predicted octanol–water partition coefficient (Wildman–Crippen LogP) is 1.01. The summed E-state index contributed by atoms with van der Waals surface area (Å²) in [5, 5.41) is 13.0. The van der Waals surface area contributed by atoms with Crippen LogP contribution in [0, 0.1) is 5.82 Å².